The summed E-state index contributed by atoms with van der Waals surface area (Å²) in [6.45, 7) is 0.569. The second kappa shape index (κ2) is 4.01. The summed E-state index contributed by atoms with van der Waals surface area (Å²) in [4.78, 5) is 0. The molecule has 0 unspecified atom stereocenters. The summed E-state index contributed by atoms with van der Waals surface area (Å²) in [5.74, 6) is -0.180. The van der Waals surface area contributed by atoms with E-state index >= 15 is 0 Å². The number of nitrogens with two attached hydrogens (primary N) is 1. The van der Waals surface area contributed by atoms with E-state index in [1.807, 2.05) is 6.07 Å². The van der Waals surface area contributed by atoms with Crippen molar-refractivity contribution in [3.63, 3.8) is 0 Å². The van der Waals surface area contributed by atoms with Crippen LogP contribution in [0.4, 0.5) is 4.39 Å². The van der Waals surface area contributed by atoms with Crippen molar-refractivity contribution >= 4 is 22.6 Å². The van der Waals surface area contributed by atoms with E-state index in [2.05, 4.69) is 22.6 Å². The molecule has 60 valence electrons. The standard InChI is InChI=1S/C8H9FIN/c9-7-3-6(1-2-11)4-8(10)5-7/h3-5H,1-2,11H2. The quantitative estimate of drug-likeness (QED) is 0.812. The van der Waals surface area contributed by atoms with Crippen molar-refractivity contribution in [3.05, 3.63) is 33.1 Å². The van der Waals surface area contributed by atoms with Crippen molar-refractivity contribution in [1.29, 1.82) is 0 Å². The van der Waals surface area contributed by atoms with Gasteiger partial charge in [0.1, 0.15) is 5.82 Å². The summed E-state index contributed by atoms with van der Waals surface area (Å²) < 4.78 is 13.6. The molecule has 3 heteroatoms. The van der Waals surface area contributed by atoms with Gasteiger partial charge in [-0.2, -0.15) is 0 Å². The first-order valence-corrected chi connectivity index (χ1v) is 4.45. The van der Waals surface area contributed by atoms with Crippen LogP contribution < -0.4 is 5.73 Å². The van der Waals surface area contributed by atoms with Crippen LogP contribution in [0.15, 0.2) is 18.2 Å². The molecular weight excluding hydrogens is 256 g/mol. The topological polar surface area (TPSA) is 26.0 Å². The Hall–Kier alpha value is -0.160. The molecule has 2 N–H and O–H groups in total. The summed E-state index contributed by atoms with van der Waals surface area (Å²) in [7, 11) is 0. The highest BCUT2D eigenvalue weighted by Gasteiger charge is 1.96. The average molecular weight is 265 g/mol. The lowest BCUT2D eigenvalue weighted by molar-refractivity contribution is 0.624. The predicted molar refractivity (Wildman–Crippen MR) is 51.9 cm³/mol. The summed E-state index contributed by atoms with van der Waals surface area (Å²) in [6.07, 6.45) is 0.744. The smallest absolute Gasteiger partial charge is 0.124 e. The minimum Gasteiger partial charge on any atom is -0.330 e. The molecule has 0 aromatic heterocycles. The second-order valence-electron chi connectivity index (χ2n) is 2.32. The minimum absolute atomic E-state index is 0.180. The Bertz CT molecular complexity index is 230. The van der Waals surface area contributed by atoms with Gasteiger partial charge in [0.25, 0.3) is 0 Å². The van der Waals surface area contributed by atoms with Crippen LogP contribution in [0.2, 0.25) is 0 Å². The number of hydrogen-bond donors (Lipinski definition) is 1. The Balaban J connectivity index is 2.89. The van der Waals surface area contributed by atoms with Crippen LogP contribution in [-0.2, 0) is 6.42 Å². The molecule has 0 heterocycles. The van der Waals surface area contributed by atoms with Crippen molar-refractivity contribution in [1.82, 2.24) is 0 Å². The molecular formula is C8H9FIN. The van der Waals surface area contributed by atoms with Gasteiger partial charge in [-0.05, 0) is 59.3 Å². The molecule has 0 aliphatic carbocycles. The number of benzene rings is 1. The molecule has 0 atom stereocenters. The molecule has 0 saturated carbocycles. The average Bonchev–Trinajstić information content (AvgIpc) is 1.85. The van der Waals surface area contributed by atoms with Crippen molar-refractivity contribution < 1.29 is 4.39 Å². The zero-order chi connectivity index (χ0) is 8.27. The normalized spacial score (nSPS) is 10.1. The van der Waals surface area contributed by atoms with Crippen LogP contribution >= 0.6 is 22.6 Å². The van der Waals surface area contributed by atoms with Crippen LogP contribution in [-0.4, -0.2) is 6.54 Å². The van der Waals surface area contributed by atoms with Crippen molar-refractivity contribution in [2.45, 2.75) is 6.42 Å². The fourth-order valence-electron chi connectivity index (χ4n) is 0.922. The highest BCUT2D eigenvalue weighted by molar-refractivity contribution is 14.1. The Morgan fingerprint density at radius 2 is 2.09 bits per heavy atom. The van der Waals surface area contributed by atoms with Crippen LogP contribution in [0.5, 0.6) is 0 Å². The third kappa shape index (κ3) is 2.75. The van der Waals surface area contributed by atoms with Gasteiger partial charge in [-0.3, -0.25) is 0 Å². The summed E-state index contributed by atoms with van der Waals surface area (Å²) in [6, 6.07) is 4.96. The van der Waals surface area contributed by atoms with E-state index in [0.29, 0.717) is 6.54 Å². The van der Waals surface area contributed by atoms with Crippen LogP contribution in [0, 0.1) is 9.39 Å². The Kier molecular flexibility index (Phi) is 3.26. The second-order valence-corrected chi connectivity index (χ2v) is 3.56. The Morgan fingerprint density at radius 3 is 2.64 bits per heavy atom. The van der Waals surface area contributed by atoms with Crippen molar-refractivity contribution in [2.24, 2.45) is 5.73 Å². The summed E-state index contributed by atoms with van der Waals surface area (Å²) in [5.41, 5.74) is 6.31. The van der Waals surface area contributed by atoms with E-state index < -0.39 is 0 Å². The first-order valence-electron chi connectivity index (χ1n) is 3.37. The molecule has 0 fully saturated rings. The number of hydrogen-bond acceptors (Lipinski definition) is 1. The van der Waals surface area contributed by atoms with Crippen LogP contribution in [0.1, 0.15) is 5.56 Å². The van der Waals surface area contributed by atoms with E-state index in [9.17, 15) is 4.39 Å². The van der Waals surface area contributed by atoms with Gasteiger partial charge in [0.15, 0.2) is 0 Å². The van der Waals surface area contributed by atoms with Gasteiger partial charge in [-0.1, -0.05) is 0 Å². The maximum absolute atomic E-state index is 12.7. The van der Waals surface area contributed by atoms with Gasteiger partial charge >= 0.3 is 0 Å². The maximum atomic E-state index is 12.7. The molecule has 0 bridgehead atoms. The van der Waals surface area contributed by atoms with Crippen LogP contribution in [0.3, 0.4) is 0 Å². The van der Waals surface area contributed by atoms with Gasteiger partial charge in [0.05, 0.1) is 0 Å². The molecule has 0 spiro atoms. The third-order valence-corrected chi connectivity index (χ3v) is 1.98. The summed E-state index contributed by atoms with van der Waals surface area (Å²) in [5, 5.41) is 0. The zero-order valence-electron chi connectivity index (χ0n) is 5.98. The minimum atomic E-state index is -0.180. The number of rotatable bonds is 2. The fourth-order valence-corrected chi connectivity index (χ4v) is 1.62. The van der Waals surface area contributed by atoms with E-state index in [-0.39, 0.29) is 5.82 Å². The van der Waals surface area contributed by atoms with Crippen molar-refractivity contribution in [2.75, 3.05) is 6.54 Å². The SMILES string of the molecule is NCCc1cc(F)cc(I)c1. The van der Waals surface area contributed by atoms with Gasteiger partial charge < -0.3 is 5.73 Å². The van der Waals surface area contributed by atoms with E-state index in [1.54, 1.807) is 0 Å². The zero-order valence-corrected chi connectivity index (χ0v) is 8.14. The first-order chi connectivity index (χ1) is 5.22. The molecule has 1 aromatic carbocycles. The lowest BCUT2D eigenvalue weighted by atomic mass is 10.1. The summed E-state index contributed by atoms with van der Waals surface area (Å²) >= 11 is 2.09. The molecule has 1 nitrogen and oxygen atoms in total. The van der Waals surface area contributed by atoms with Crippen molar-refractivity contribution in [3.8, 4) is 0 Å². The highest BCUT2D eigenvalue weighted by Crippen LogP contribution is 2.11. The molecule has 0 radical (unpaired) electrons. The molecule has 0 saturated heterocycles. The van der Waals surface area contributed by atoms with Gasteiger partial charge in [-0.15, -0.1) is 0 Å². The fraction of sp³-hybridized carbons (Fsp3) is 0.250. The number of halogens is 2. The molecule has 0 aliphatic heterocycles. The molecule has 11 heavy (non-hydrogen) atoms. The van der Waals surface area contributed by atoms with Gasteiger partial charge in [-0.25, -0.2) is 4.39 Å². The van der Waals surface area contributed by atoms with Gasteiger partial charge in [0, 0.05) is 3.57 Å². The lowest BCUT2D eigenvalue weighted by Gasteiger charge is -1.99. The molecule has 0 aliphatic rings. The van der Waals surface area contributed by atoms with E-state index in [1.165, 1.54) is 12.1 Å². The molecule has 1 rings (SSSR count). The lowest BCUT2D eigenvalue weighted by Crippen LogP contribution is -2.03. The van der Waals surface area contributed by atoms with Gasteiger partial charge in [0.2, 0.25) is 0 Å². The van der Waals surface area contributed by atoms with Crippen LogP contribution in [0.25, 0.3) is 0 Å². The monoisotopic (exact) mass is 265 g/mol. The molecule has 1 aromatic rings. The maximum Gasteiger partial charge on any atom is 0.124 e. The van der Waals surface area contributed by atoms with E-state index in [0.717, 1.165) is 15.6 Å². The molecule has 0 amide bonds. The largest absolute Gasteiger partial charge is 0.330 e. The Labute approximate surface area is 78.9 Å². The van der Waals surface area contributed by atoms with E-state index in [4.69, 9.17) is 5.73 Å². The predicted octanol–water partition coefficient (Wildman–Crippen LogP) is 1.93. The Morgan fingerprint density at radius 1 is 1.36 bits per heavy atom. The first kappa shape index (κ1) is 8.93. The third-order valence-electron chi connectivity index (χ3n) is 1.36. The highest BCUT2D eigenvalue weighted by atomic mass is 127.